The molecule has 0 unspecified atom stereocenters. The lowest BCUT2D eigenvalue weighted by molar-refractivity contribution is 0.0699. The van der Waals surface area contributed by atoms with Gasteiger partial charge in [-0.2, -0.15) is 0 Å². The first-order chi connectivity index (χ1) is 11.7. The maximum atomic E-state index is 11.6. The number of carboxylic acid groups (broad SMARTS) is 1. The second kappa shape index (κ2) is 6.02. The van der Waals surface area contributed by atoms with Crippen LogP contribution in [0.25, 0.3) is 21.5 Å². The van der Waals surface area contributed by atoms with E-state index < -0.39 is 5.97 Å². The standard InChI is InChI=1S/C21H14O2S/c22-21(23)17-11-3-8-15-9-5-13-19(20(15)17)24-18-12-4-7-14-6-1-2-10-16(14)18/h1-13H,(H,22,23). The van der Waals surface area contributed by atoms with Crippen LogP contribution in [0.4, 0.5) is 0 Å². The maximum absolute atomic E-state index is 11.6. The van der Waals surface area contributed by atoms with E-state index in [4.69, 9.17) is 0 Å². The second-order valence-corrected chi connectivity index (χ2v) is 6.63. The zero-order valence-corrected chi connectivity index (χ0v) is 13.6. The predicted octanol–water partition coefficient (Wildman–Crippen LogP) is 5.84. The van der Waals surface area contributed by atoms with Crippen LogP contribution < -0.4 is 0 Å². The van der Waals surface area contributed by atoms with Crippen LogP contribution in [0, 0.1) is 0 Å². The summed E-state index contributed by atoms with van der Waals surface area (Å²) in [5, 5.41) is 13.6. The molecule has 3 heteroatoms. The summed E-state index contributed by atoms with van der Waals surface area (Å²) >= 11 is 1.61. The van der Waals surface area contributed by atoms with E-state index in [1.165, 1.54) is 10.8 Å². The molecule has 0 aliphatic carbocycles. The van der Waals surface area contributed by atoms with Gasteiger partial charge in [0.05, 0.1) is 5.56 Å². The van der Waals surface area contributed by atoms with Gasteiger partial charge < -0.3 is 5.11 Å². The minimum Gasteiger partial charge on any atom is -0.478 e. The first kappa shape index (κ1) is 14.8. The van der Waals surface area contributed by atoms with Gasteiger partial charge in [-0.3, -0.25) is 0 Å². The predicted molar refractivity (Wildman–Crippen MR) is 99.0 cm³/mol. The Hall–Kier alpha value is -2.78. The van der Waals surface area contributed by atoms with Crippen molar-refractivity contribution in [1.29, 1.82) is 0 Å². The van der Waals surface area contributed by atoms with Crippen LogP contribution in [0.3, 0.4) is 0 Å². The molecule has 24 heavy (non-hydrogen) atoms. The van der Waals surface area contributed by atoms with Gasteiger partial charge in [0.2, 0.25) is 0 Å². The number of rotatable bonds is 3. The van der Waals surface area contributed by atoms with Gasteiger partial charge in [0.15, 0.2) is 0 Å². The number of hydrogen-bond donors (Lipinski definition) is 1. The number of carbonyl (C=O) groups is 1. The molecule has 0 aromatic heterocycles. The Morgan fingerprint density at radius 2 is 1.33 bits per heavy atom. The third kappa shape index (κ3) is 2.53. The maximum Gasteiger partial charge on any atom is 0.336 e. The zero-order valence-electron chi connectivity index (χ0n) is 12.8. The Bertz CT molecular complexity index is 1060. The number of benzene rings is 4. The van der Waals surface area contributed by atoms with E-state index in [1.54, 1.807) is 23.9 Å². The summed E-state index contributed by atoms with van der Waals surface area (Å²) in [5.74, 6) is -0.897. The normalized spacial score (nSPS) is 11.0. The van der Waals surface area contributed by atoms with Crippen molar-refractivity contribution in [3.8, 4) is 0 Å². The van der Waals surface area contributed by atoms with Crippen molar-refractivity contribution in [3.63, 3.8) is 0 Å². The van der Waals surface area contributed by atoms with Crippen LogP contribution in [0.15, 0.2) is 88.7 Å². The first-order valence-corrected chi connectivity index (χ1v) is 8.46. The average Bonchev–Trinajstić information content (AvgIpc) is 2.61. The molecule has 0 saturated heterocycles. The topological polar surface area (TPSA) is 37.3 Å². The van der Waals surface area contributed by atoms with E-state index in [0.29, 0.717) is 5.56 Å². The molecule has 0 aliphatic rings. The molecule has 0 spiro atoms. The molecule has 4 aromatic carbocycles. The van der Waals surface area contributed by atoms with Gasteiger partial charge in [0.1, 0.15) is 0 Å². The molecule has 4 aromatic rings. The number of fused-ring (bicyclic) bond motifs is 2. The Morgan fingerprint density at radius 3 is 2.12 bits per heavy atom. The lowest BCUT2D eigenvalue weighted by Crippen LogP contribution is -1.98. The number of carboxylic acids is 1. The molecule has 0 bridgehead atoms. The lowest BCUT2D eigenvalue weighted by atomic mass is 10.0. The van der Waals surface area contributed by atoms with Gasteiger partial charge in [0, 0.05) is 15.2 Å². The molecule has 4 rings (SSSR count). The molecular formula is C21H14O2S. The van der Waals surface area contributed by atoms with Gasteiger partial charge in [-0.1, -0.05) is 72.4 Å². The fourth-order valence-electron chi connectivity index (χ4n) is 2.97. The summed E-state index contributed by atoms with van der Waals surface area (Å²) in [6, 6.07) is 25.8. The number of aromatic carboxylic acids is 1. The van der Waals surface area contributed by atoms with Crippen molar-refractivity contribution in [2.45, 2.75) is 9.79 Å². The molecule has 1 N–H and O–H groups in total. The third-order valence-corrected chi connectivity index (χ3v) is 5.20. The Balaban J connectivity index is 1.92. The van der Waals surface area contributed by atoms with Crippen molar-refractivity contribution >= 4 is 39.3 Å². The Kier molecular flexibility index (Phi) is 3.71. The van der Waals surface area contributed by atoms with Gasteiger partial charge in [-0.05, 0) is 34.4 Å². The van der Waals surface area contributed by atoms with E-state index in [0.717, 1.165) is 20.6 Å². The van der Waals surface area contributed by atoms with E-state index in [9.17, 15) is 9.90 Å². The van der Waals surface area contributed by atoms with Crippen molar-refractivity contribution in [2.24, 2.45) is 0 Å². The second-order valence-electron chi connectivity index (χ2n) is 5.54. The van der Waals surface area contributed by atoms with Gasteiger partial charge in [0.25, 0.3) is 0 Å². The van der Waals surface area contributed by atoms with Crippen LogP contribution in [0.5, 0.6) is 0 Å². The van der Waals surface area contributed by atoms with Crippen LogP contribution in [-0.4, -0.2) is 11.1 Å². The highest BCUT2D eigenvalue weighted by Crippen LogP contribution is 2.38. The van der Waals surface area contributed by atoms with Crippen LogP contribution in [0.2, 0.25) is 0 Å². The first-order valence-electron chi connectivity index (χ1n) is 7.65. The summed E-state index contributed by atoms with van der Waals surface area (Å²) < 4.78 is 0. The molecule has 116 valence electrons. The summed E-state index contributed by atoms with van der Waals surface area (Å²) in [4.78, 5) is 13.7. The third-order valence-electron chi connectivity index (χ3n) is 4.07. The quantitative estimate of drug-likeness (QED) is 0.512. The highest BCUT2D eigenvalue weighted by atomic mass is 32.2. The van der Waals surface area contributed by atoms with Gasteiger partial charge in [-0.25, -0.2) is 4.79 Å². The summed E-state index contributed by atoms with van der Waals surface area (Å²) in [6.07, 6.45) is 0. The van der Waals surface area contributed by atoms with Crippen LogP contribution in [-0.2, 0) is 0 Å². The van der Waals surface area contributed by atoms with E-state index >= 15 is 0 Å². The minimum atomic E-state index is -0.897. The van der Waals surface area contributed by atoms with Crippen molar-refractivity contribution < 1.29 is 9.90 Å². The fourth-order valence-corrected chi connectivity index (χ4v) is 4.13. The van der Waals surface area contributed by atoms with Crippen molar-refractivity contribution in [2.75, 3.05) is 0 Å². The fraction of sp³-hybridized carbons (Fsp3) is 0. The lowest BCUT2D eigenvalue weighted by Gasteiger charge is -2.11. The summed E-state index contributed by atoms with van der Waals surface area (Å²) in [7, 11) is 0. The van der Waals surface area contributed by atoms with E-state index in [1.807, 2.05) is 42.5 Å². The molecular weight excluding hydrogens is 316 g/mol. The van der Waals surface area contributed by atoms with Crippen LogP contribution in [0.1, 0.15) is 10.4 Å². The van der Waals surface area contributed by atoms with E-state index in [2.05, 4.69) is 24.3 Å². The summed E-state index contributed by atoms with van der Waals surface area (Å²) in [5.41, 5.74) is 0.343. The Labute approximate surface area is 143 Å². The molecule has 0 aliphatic heterocycles. The smallest absolute Gasteiger partial charge is 0.336 e. The monoisotopic (exact) mass is 330 g/mol. The molecule has 2 nitrogen and oxygen atoms in total. The molecule has 0 heterocycles. The minimum absolute atomic E-state index is 0.343. The molecule has 0 radical (unpaired) electrons. The largest absolute Gasteiger partial charge is 0.478 e. The summed E-state index contributed by atoms with van der Waals surface area (Å²) in [6.45, 7) is 0. The molecule has 0 saturated carbocycles. The van der Waals surface area contributed by atoms with Crippen molar-refractivity contribution in [1.82, 2.24) is 0 Å². The molecule has 0 fully saturated rings. The SMILES string of the molecule is O=C(O)c1cccc2cccc(Sc3cccc4ccccc34)c12. The zero-order chi connectivity index (χ0) is 16.5. The van der Waals surface area contributed by atoms with Gasteiger partial charge >= 0.3 is 5.97 Å². The number of hydrogen-bond acceptors (Lipinski definition) is 2. The molecule has 0 atom stereocenters. The van der Waals surface area contributed by atoms with E-state index in [-0.39, 0.29) is 0 Å². The van der Waals surface area contributed by atoms with Crippen LogP contribution >= 0.6 is 11.8 Å². The molecule has 0 amide bonds. The highest BCUT2D eigenvalue weighted by molar-refractivity contribution is 7.99. The van der Waals surface area contributed by atoms with Gasteiger partial charge in [-0.15, -0.1) is 0 Å². The average molecular weight is 330 g/mol. The van der Waals surface area contributed by atoms with Crippen molar-refractivity contribution in [3.05, 3.63) is 84.4 Å². The Morgan fingerprint density at radius 1 is 0.708 bits per heavy atom. The highest BCUT2D eigenvalue weighted by Gasteiger charge is 2.13.